The van der Waals surface area contributed by atoms with Crippen LogP contribution in [0.1, 0.15) is 17.5 Å². The Bertz CT molecular complexity index is 373. The Labute approximate surface area is 80.5 Å². The van der Waals surface area contributed by atoms with E-state index in [1.54, 1.807) is 6.07 Å². The number of fused-ring (bicyclic) bond motifs is 1. The Morgan fingerprint density at radius 1 is 1.31 bits per heavy atom. The first-order valence-electron chi connectivity index (χ1n) is 4.15. The van der Waals surface area contributed by atoms with Crippen LogP contribution in [0.25, 0.3) is 0 Å². The van der Waals surface area contributed by atoms with Crippen molar-refractivity contribution in [3.63, 3.8) is 0 Å². The number of halogens is 2. The van der Waals surface area contributed by atoms with Crippen LogP contribution in [0.3, 0.4) is 0 Å². The molecule has 0 bridgehead atoms. The quantitative estimate of drug-likeness (QED) is 0.626. The van der Waals surface area contributed by atoms with Gasteiger partial charge < -0.3 is 0 Å². The highest BCUT2D eigenvalue weighted by molar-refractivity contribution is 6.30. The van der Waals surface area contributed by atoms with E-state index in [0.29, 0.717) is 23.4 Å². The second-order valence-corrected chi connectivity index (χ2v) is 3.68. The maximum absolute atomic E-state index is 13.3. The molecule has 1 aromatic carbocycles. The standard InChI is InChI=1S/C10H8ClFO/c11-7-3-6-1-2-8(13)5-9(6)10(12)4-7/h3-4H,1-2,5H2. The van der Waals surface area contributed by atoms with Gasteiger partial charge in [0.05, 0.1) is 0 Å². The molecule has 1 aliphatic rings. The molecular formula is C10H8ClFO. The smallest absolute Gasteiger partial charge is 0.137 e. The second kappa shape index (κ2) is 3.11. The van der Waals surface area contributed by atoms with Gasteiger partial charge in [-0.05, 0) is 29.7 Å². The van der Waals surface area contributed by atoms with Crippen LogP contribution in [0.5, 0.6) is 0 Å². The number of ketones is 1. The first-order valence-corrected chi connectivity index (χ1v) is 4.53. The molecule has 68 valence electrons. The summed E-state index contributed by atoms with van der Waals surface area (Å²) in [5.74, 6) is -0.246. The molecule has 0 heterocycles. The van der Waals surface area contributed by atoms with Crippen LogP contribution in [-0.2, 0) is 17.6 Å². The predicted octanol–water partition coefficient (Wildman–Crippen LogP) is 2.54. The van der Waals surface area contributed by atoms with Crippen LogP contribution in [0.4, 0.5) is 4.39 Å². The lowest BCUT2D eigenvalue weighted by Gasteiger charge is -2.15. The Balaban J connectivity index is 2.53. The minimum atomic E-state index is -0.351. The number of aryl methyl sites for hydroxylation is 1. The third-order valence-corrected chi connectivity index (χ3v) is 2.52. The fraction of sp³-hybridized carbons (Fsp3) is 0.300. The summed E-state index contributed by atoms with van der Waals surface area (Å²) < 4.78 is 13.3. The van der Waals surface area contributed by atoms with E-state index in [2.05, 4.69) is 0 Å². The summed E-state index contributed by atoms with van der Waals surface area (Å²) in [4.78, 5) is 11.1. The molecular weight excluding hydrogens is 191 g/mol. The topological polar surface area (TPSA) is 17.1 Å². The molecule has 1 nitrogen and oxygen atoms in total. The fourth-order valence-corrected chi connectivity index (χ4v) is 1.86. The maximum Gasteiger partial charge on any atom is 0.137 e. The highest BCUT2D eigenvalue weighted by Gasteiger charge is 2.19. The number of carbonyl (C=O) groups is 1. The molecule has 0 spiro atoms. The third kappa shape index (κ3) is 1.59. The van der Waals surface area contributed by atoms with Gasteiger partial charge in [-0.25, -0.2) is 4.39 Å². The van der Waals surface area contributed by atoms with E-state index in [9.17, 15) is 9.18 Å². The Kier molecular flexibility index (Phi) is 2.08. The zero-order valence-electron chi connectivity index (χ0n) is 6.94. The van der Waals surface area contributed by atoms with Gasteiger partial charge in [-0.1, -0.05) is 11.6 Å². The summed E-state index contributed by atoms with van der Waals surface area (Å²) in [6, 6.07) is 3.01. The van der Waals surface area contributed by atoms with Crippen molar-refractivity contribution in [2.45, 2.75) is 19.3 Å². The van der Waals surface area contributed by atoms with E-state index in [0.717, 1.165) is 5.56 Å². The molecule has 0 radical (unpaired) electrons. The monoisotopic (exact) mass is 198 g/mol. The van der Waals surface area contributed by atoms with Crippen molar-refractivity contribution < 1.29 is 9.18 Å². The molecule has 3 heteroatoms. The molecule has 0 amide bonds. The van der Waals surface area contributed by atoms with Crippen molar-refractivity contribution in [3.8, 4) is 0 Å². The van der Waals surface area contributed by atoms with Gasteiger partial charge in [0.1, 0.15) is 11.6 Å². The number of rotatable bonds is 0. The van der Waals surface area contributed by atoms with Crippen molar-refractivity contribution in [1.82, 2.24) is 0 Å². The predicted molar refractivity (Wildman–Crippen MR) is 48.4 cm³/mol. The lowest BCUT2D eigenvalue weighted by molar-refractivity contribution is -0.118. The lowest BCUT2D eigenvalue weighted by Crippen LogP contribution is -2.14. The molecule has 0 saturated carbocycles. The van der Waals surface area contributed by atoms with Gasteiger partial charge in [-0.2, -0.15) is 0 Å². The molecule has 0 aliphatic heterocycles. The van der Waals surface area contributed by atoms with Gasteiger partial charge in [0.15, 0.2) is 0 Å². The van der Waals surface area contributed by atoms with Crippen LogP contribution >= 0.6 is 11.6 Å². The average Bonchev–Trinajstić information content (AvgIpc) is 2.06. The molecule has 0 atom stereocenters. The summed E-state index contributed by atoms with van der Waals surface area (Å²) in [5, 5.41) is 0.408. The molecule has 0 unspecified atom stereocenters. The van der Waals surface area contributed by atoms with E-state index in [1.165, 1.54) is 6.07 Å². The van der Waals surface area contributed by atoms with Crippen molar-refractivity contribution in [1.29, 1.82) is 0 Å². The molecule has 1 aromatic rings. The van der Waals surface area contributed by atoms with Crippen molar-refractivity contribution in [3.05, 3.63) is 34.1 Å². The van der Waals surface area contributed by atoms with E-state index in [1.807, 2.05) is 0 Å². The molecule has 0 N–H and O–H groups in total. The molecule has 0 saturated heterocycles. The van der Waals surface area contributed by atoms with Gasteiger partial charge in [-0.15, -0.1) is 0 Å². The average molecular weight is 199 g/mol. The maximum atomic E-state index is 13.3. The van der Waals surface area contributed by atoms with Gasteiger partial charge in [0.25, 0.3) is 0 Å². The lowest BCUT2D eigenvalue weighted by atomic mass is 9.90. The van der Waals surface area contributed by atoms with Crippen LogP contribution in [0.15, 0.2) is 12.1 Å². The normalized spacial score (nSPS) is 15.7. The van der Waals surface area contributed by atoms with Crippen molar-refractivity contribution >= 4 is 17.4 Å². The zero-order chi connectivity index (χ0) is 9.42. The van der Waals surface area contributed by atoms with E-state index in [-0.39, 0.29) is 18.0 Å². The molecule has 1 aliphatic carbocycles. The summed E-state index contributed by atoms with van der Waals surface area (Å²) in [6.07, 6.45) is 1.34. The largest absolute Gasteiger partial charge is 0.299 e. The Morgan fingerprint density at radius 2 is 2.08 bits per heavy atom. The van der Waals surface area contributed by atoms with Crippen LogP contribution in [0, 0.1) is 5.82 Å². The Hall–Kier alpha value is -0.890. The number of carbonyl (C=O) groups excluding carboxylic acids is 1. The molecule has 0 aromatic heterocycles. The summed E-state index contributed by atoms with van der Waals surface area (Å²) in [7, 11) is 0. The van der Waals surface area contributed by atoms with Gasteiger partial charge in [-0.3, -0.25) is 4.79 Å². The van der Waals surface area contributed by atoms with Crippen LogP contribution in [0.2, 0.25) is 5.02 Å². The molecule has 13 heavy (non-hydrogen) atoms. The number of hydrogen-bond donors (Lipinski definition) is 0. The first-order chi connectivity index (χ1) is 6.16. The van der Waals surface area contributed by atoms with Gasteiger partial charge in [0.2, 0.25) is 0 Å². The highest BCUT2D eigenvalue weighted by Crippen LogP contribution is 2.25. The fourth-order valence-electron chi connectivity index (χ4n) is 1.64. The van der Waals surface area contributed by atoms with E-state index < -0.39 is 0 Å². The number of hydrogen-bond acceptors (Lipinski definition) is 1. The van der Waals surface area contributed by atoms with Crippen LogP contribution < -0.4 is 0 Å². The van der Waals surface area contributed by atoms with Gasteiger partial charge >= 0.3 is 0 Å². The van der Waals surface area contributed by atoms with E-state index >= 15 is 0 Å². The molecule has 0 fully saturated rings. The first kappa shape index (κ1) is 8.70. The third-order valence-electron chi connectivity index (χ3n) is 2.30. The minimum absolute atomic E-state index is 0.105. The van der Waals surface area contributed by atoms with Gasteiger partial charge in [0, 0.05) is 17.9 Å². The SMILES string of the molecule is O=C1CCc2cc(Cl)cc(F)c2C1. The van der Waals surface area contributed by atoms with Crippen molar-refractivity contribution in [2.75, 3.05) is 0 Å². The number of benzene rings is 1. The summed E-state index contributed by atoms with van der Waals surface area (Å²) in [6.45, 7) is 0. The molecule has 2 rings (SSSR count). The zero-order valence-corrected chi connectivity index (χ0v) is 7.70. The summed E-state index contributed by atoms with van der Waals surface area (Å²) >= 11 is 5.69. The minimum Gasteiger partial charge on any atom is -0.299 e. The number of Topliss-reactive ketones (excluding diaryl/α,β-unsaturated/α-hetero) is 1. The highest BCUT2D eigenvalue weighted by atomic mass is 35.5. The summed E-state index contributed by atoms with van der Waals surface area (Å²) in [5.41, 5.74) is 1.41. The second-order valence-electron chi connectivity index (χ2n) is 3.24. The van der Waals surface area contributed by atoms with Crippen molar-refractivity contribution in [2.24, 2.45) is 0 Å². The van der Waals surface area contributed by atoms with E-state index in [4.69, 9.17) is 11.6 Å². The Morgan fingerprint density at radius 3 is 2.85 bits per heavy atom. The van der Waals surface area contributed by atoms with Crippen LogP contribution in [-0.4, -0.2) is 5.78 Å².